The van der Waals surface area contributed by atoms with E-state index in [0.717, 1.165) is 0 Å². The maximum atomic E-state index is 9.34. The van der Waals surface area contributed by atoms with Gasteiger partial charge in [-0.25, -0.2) is 4.98 Å². The molecule has 0 aromatic carbocycles. The molecule has 1 rings (SSSR count). The second kappa shape index (κ2) is 6.97. The van der Waals surface area contributed by atoms with Crippen molar-refractivity contribution in [3.05, 3.63) is 11.6 Å². The van der Waals surface area contributed by atoms with Crippen LogP contribution in [0.25, 0.3) is 0 Å². The van der Waals surface area contributed by atoms with E-state index < -0.39 is 18.6 Å². The van der Waals surface area contributed by atoms with Crippen LogP contribution in [0.2, 0.25) is 0 Å². The first-order valence-corrected chi connectivity index (χ1v) is 5.16. The first kappa shape index (κ1) is 14.6. The third-order valence-electron chi connectivity index (χ3n) is 1.48. The Balaban J connectivity index is 0.00000196. The Hall–Kier alpha value is -0.400. The average molecular weight is 255 g/mol. The topological polar surface area (TPSA) is 74.6 Å². The molecule has 0 saturated heterocycles. The highest BCUT2D eigenvalue weighted by Crippen LogP contribution is 2.15. The van der Waals surface area contributed by atoms with Crippen LogP contribution in [0.1, 0.15) is 13.8 Å². The number of hydrogen-bond donors (Lipinski definition) is 3. The lowest BCUT2D eigenvalue weighted by atomic mass is 10.3. The Morgan fingerprint density at radius 1 is 1.47 bits per heavy atom. The number of halogens is 1. The minimum atomic E-state index is -0.741. The SMILES string of the molecule is CC(O)NC(Oc1nccs1)C(C)O.Cl. The molecule has 0 fully saturated rings. The molecule has 0 amide bonds. The number of rotatable bonds is 5. The zero-order valence-corrected chi connectivity index (χ0v) is 10.1. The number of aromatic nitrogens is 1. The Bertz CT molecular complexity index is 256. The van der Waals surface area contributed by atoms with Crippen LogP contribution in [0.4, 0.5) is 0 Å². The highest BCUT2D eigenvalue weighted by atomic mass is 35.5. The standard InChI is InChI=1S/C8H14N2O3S.ClH/c1-5(11)7(10-6(2)12)13-8-9-3-4-14-8;/h3-7,10-12H,1-2H3;1H. The number of thiazole rings is 1. The number of aliphatic hydroxyl groups is 2. The van der Waals surface area contributed by atoms with Gasteiger partial charge in [0, 0.05) is 11.6 Å². The second-order valence-corrected chi connectivity index (χ2v) is 3.78. The van der Waals surface area contributed by atoms with Crippen molar-refractivity contribution < 1.29 is 14.9 Å². The summed E-state index contributed by atoms with van der Waals surface area (Å²) in [6.45, 7) is 3.13. The Morgan fingerprint density at radius 2 is 2.13 bits per heavy atom. The molecule has 0 bridgehead atoms. The van der Waals surface area contributed by atoms with Gasteiger partial charge in [0.1, 0.15) is 12.3 Å². The van der Waals surface area contributed by atoms with E-state index in [2.05, 4.69) is 10.3 Å². The smallest absolute Gasteiger partial charge is 0.274 e. The number of aliphatic hydroxyl groups excluding tert-OH is 2. The van der Waals surface area contributed by atoms with Crippen LogP contribution in [0, 0.1) is 0 Å². The number of hydrogen-bond acceptors (Lipinski definition) is 6. The molecule has 88 valence electrons. The van der Waals surface area contributed by atoms with Crippen molar-refractivity contribution in [1.82, 2.24) is 10.3 Å². The van der Waals surface area contributed by atoms with Crippen molar-refractivity contribution in [3.8, 4) is 5.19 Å². The van der Waals surface area contributed by atoms with Crippen molar-refractivity contribution in [2.45, 2.75) is 32.4 Å². The van der Waals surface area contributed by atoms with E-state index in [9.17, 15) is 5.11 Å². The second-order valence-electron chi connectivity index (χ2n) is 2.92. The van der Waals surface area contributed by atoms with E-state index in [0.29, 0.717) is 5.19 Å². The van der Waals surface area contributed by atoms with Gasteiger partial charge in [0.2, 0.25) is 0 Å². The fourth-order valence-corrected chi connectivity index (χ4v) is 1.41. The van der Waals surface area contributed by atoms with E-state index in [1.165, 1.54) is 11.3 Å². The van der Waals surface area contributed by atoms with E-state index in [1.807, 2.05) is 0 Å². The zero-order chi connectivity index (χ0) is 10.6. The van der Waals surface area contributed by atoms with Crippen LogP contribution in [0.5, 0.6) is 5.19 Å². The first-order chi connectivity index (χ1) is 6.59. The lowest BCUT2D eigenvalue weighted by Gasteiger charge is -2.22. The van der Waals surface area contributed by atoms with Crippen molar-refractivity contribution in [2.75, 3.05) is 0 Å². The summed E-state index contributed by atoms with van der Waals surface area (Å²) in [5.41, 5.74) is 0. The molecule has 1 aromatic heterocycles. The molecular formula is C8H15ClN2O3S. The van der Waals surface area contributed by atoms with E-state index >= 15 is 0 Å². The minimum absolute atomic E-state index is 0. The largest absolute Gasteiger partial charge is 0.448 e. The highest BCUT2D eigenvalue weighted by molar-refractivity contribution is 7.11. The summed E-state index contributed by atoms with van der Waals surface area (Å²) in [6.07, 6.45) is -0.509. The number of nitrogens with one attached hydrogen (secondary N) is 1. The fraction of sp³-hybridized carbons (Fsp3) is 0.625. The van der Waals surface area contributed by atoms with Gasteiger partial charge in [0.05, 0.1) is 0 Å². The number of nitrogens with zero attached hydrogens (tertiary/aromatic N) is 1. The predicted octanol–water partition coefficient (Wildman–Crippen LogP) is 0.578. The van der Waals surface area contributed by atoms with Crippen molar-refractivity contribution in [3.63, 3.8) is 0 Å². The van der Waals surface area contributed by atoms with Gasteiger partial charge in [-0.05, 0) is 13.8 Å². The molecule has 3 N–H and O–H groups in total. The summed E-state index contributed by atoms with van der Waals surface area (Å²) in [5.74, 6) is 0. The summed E-state index contributed by atoms with van der Waals surface area (Å²) in [7, 11) is 0. The molecule has 5 nitrogen and oxygen atoms in total. The molecule has 3 unspecified atom stereocenters. The third kappa shape index (κ3) is 5.29. The van der Waals surface area contributed by atoms with Gasteiger partial charge in [-0.1, -0.05) is 11.3 Å². The highest BCUT2D eigenvalue weighted by Gasteiger charge is 2.18. The molecule has 0 spiro atoms. The van der Waals surface area contributed by atoms with E-state index in [-0.39, 0.29) is 12.4 Å². The van der Waals surface area contributed by atoms with Crippen molar-refractivity contribution in [2.24, 2.45) is 0 Å². The van der Waals surface area contributed by atoms with Gasteiger partial charge in [-0.3, -0.25) is 5.32 Å². The van der Waals surface area contributed by atoms with E-state index in [4.69, 9.17) is 9.84 Å². The summed E-state index contributed by atoms with van der Waals surface area (Å²) in [5, 5.41) is 23.3. The molecule has 3 atom stereocenters. The molecule has 0 aliphatic carbocycles. The van der Waals surface area contributed by atoms with Crippen LogP contribution in [-0.2, 0) is 0 Å². The molecule has 1 heterocycles. The minimum Gasteiger partial charge on any atom is -0.448 e. The van der Waals surface area contributed by atoms with Crippen LogP contribution in [-0.4, -0.2) is 33.8 Å². The van der Waals surface area contributed by atoms with Gasteiger partial charge in [-0.15, -0.1) is 12.4 Å². The molecular weight excluding hydrogens is 240 g/mol. The monoisotopic (exact) mass is 254 g/mol. The summed E-state index contributed by atoms with van der Waals surface area (Å²) < 4.78 is 5.31. The van der Waals surface area contributed by atoms with Gasteiger partial charge in [0.25, 0.3) is 5.19 Å². The average Bonchev–Trinajstić information content (AvgIpc) is 2.54. The summed E-state index contributed by atoms with van der Waals surface area (Å²) in [4.78, 5) is 3.91. The molecule has 0 saturated carbocycles. The van der Waals surface area contributed by atoms with Crippen LogP contribution in [0.3, 0.4) is 0 Å². The molecule has 1 aromatic rings. The van der Waals surface area contributed by atoms with Gasteiger partial charge >= 0.3 is 0 Å². The lowest BCUT2D eigenvalue weighted by Crippen LogP contribution is -2.47. The Morgan fingerprint density at radius 3 is 2.53 bits per heavy atom. The quantitative estimate of drug-likeness (QED) is 0.671. The molecule has 0 radical (unpaired) electrons. The fourth-order valence-electron chi connectivity index (χ4n) is 0.887. The Labute approximate surface area is 98.5 Å². The maximum Gasteiger partial charge on any atom is 0.274 e. The molecule has 7 heteroatoms. The maximum absolute atomic E-state index is 9.34. The van der Waals surface area contributed by atoms with Gasteiger partial charge in [-0.2, -0.15) is 0 Å². The van der Waals surface area contributed by atoms with Gasteiger partial charge in [0.15, 0.2) is 6.23 Å². The van der Waals surface area contributed by atoms with Crippen molar-refractivity contribution in [1.29, 1.82) is 0 Å². The first-order valence-electron chi connectivity index (χ1n) is 4.28. The van der Waals surface area contributed by atoms with E-state index in [1.54, 1.807) is 25.4 Å². The van der Waals surface area contributed by atoms with Crippen molar-refractivity contribution >= 4 is 23.7 Å². The number of ether oxygens (including phenoxy) is 1. The third-order valence-corrected chi connectivity index (χ3v) is 2.14. The lowest BCUT2D eigenvalue weighted by molar-refractivity contribution is -0.0104. The predicted molar refractivity (Wildman–Crippen MR) is 60.3 cm³/mol. The molecule has 0 aliphatic rings. The summed E-state index contributed by atoms with van der Waals surface area (Å²) >= 11 is 1.33. The normalized spacial score (nSPS) is 16.3. The van der Waals surface area contributed by atoms with Crippen LogP contribution in [0.15, 0.2) is 11.6 Å². The molecule has 15 heavy (non-hydrogen) atoms. The Kier molecular flexibility index (Phi) is 6.78. The van der Waals surface area contributed by atoms with Crippen LogP contribution >= 0.6 is 23.7 Å². The summed E-state index contributed by atoms with van der Waals surface area (Å²) in [6, 6.07) is 0. The van der Waals surface area contributed by atoms with Crippen LogP contribution < -0.4 is 10.1 Å². The zero-order valence-electron chi connectivity index (χ0n) is 8.45. The van der Waals surface area contributed by atoms with Gasteiger partial charge < -0.3 is 14.9 Å². The molecule has 0 aliphatic heterocycles.